The van der Waals surface area contributed by atoms with Crippen molar-refractivity contribution >= 4 is 17.2 Å². The van der Waals surface area contributed by atoms with Crippen LogP contribution in [-0.2, 0) is 0 Å². The lowest BCUT2D eigenvalue weighted by Gasteiger charge is -2.38. The minimum Gasteiger partial charge on any atom is -0.442 e. The third kappa shape index (κ3) is 4.30. The molecule has 1 aliphatic rings. The van der Waals surface area contributed by atoms with Crippen molar-refractivity contribution in [1.82, 2.24) is 15.2 Å². The van der Waals surface area contributed by atoms with Crippen molar-refractivity contribution in [3.8, 4) is 10.6 Å². The van der Waals surface area contributed by atoms with Gasteiger partial charge in [-0.2, -0.15) is 0 Å². The number of oxazole rings is 1. The van der Waals surface area contributed by atoms with Crippen molar-refractivity contribution in [2.75, 3.05) is 19.6 Å². The molecule has 25 heavy (non-hydrogen) atoms. The summed E-state index contributed by atoms with van der Waals surface area (Å²) in [5, 5.41) is 5.04. The van der Waals surface area contributed by atoms with Crippen molar-refractivity contribution in [2.24, 2.45) is 11.8 Å². The maximum atomic E-state index is 12.6. The molecular weight excluding hydrogens is 334 g/mol. The van der Waals surface area contributed by atoms with Crippen LogP contribution in [0.15, 0.2) is 28.3 Å². The number of nitrogens with one attached hydrogen (secondary N) is 1. The third-order valence-electron chi connectivity index (χ3n) is 5.06. The molecule has 1 aliphatic heterocycles. The Morgan fingerprint density at radius 1 is 1.44 bits per heavy atom. The Hall–Kier alpha value is -1.66. The molecule has 0 aliphatic carbocycles. The Kier molecular flexibility index (Phi) is 5.91. The number of hydrogen-bond donors (Lipinski definition) is 1. The third-order valence-corrected chi connectivity index (χ3v) is 5.92. The SMILES string of the molecule is CC1CCN(C(CNC(=O)c2ncoc2-c2cccs2)C(C)C)CC1. The summed E-state index contributed by atoms with van der Waals surface area (Å²) in [6.45, 7) is 9.64. The smallest absolute Gasteiger partial charge is 0.274 e. The summed E-state index contributed by atoms with van der Waals surface area (Å²) in [7, 11) is 0. The van der Waals surface area contributed by atoms with Crippen molar-refractivity contribution in [3.63, 3.8) is 0 Å². The number of carbonyl (C=O) groups excluding carboxylic acids is 1. The molecule has 1 N–H and O–H groups in total. The molecule has 5 nitrogen and oxygen atoms in total. The largest absolute Gasteiger partial charge is 0.442 e. The van der Waals surface area contributed by atoms with Gasteiger partial charge >= 0.3 is 0 Å². The molecule has 1 saturated heterocycles. The lowest BCUT2D eigenvalue weighted by atomic mass is 9.94. The van der Waals surface area contributed by atoms with E-state index in [0.29, 0.717) is 30.0 Å². The maximum Gasteiger partial charge on any atom is 0.274 e. The van der Waals surface area contributed by atoms with Crippen LogP contribution in [0, 0.1) is 11.8 Å². The van der Waals surface area contributed by atoms with E-state index in [1.165, 1.54) is 19.2 Å². The van der Waals surface area contributed by atoms with Gasteiger partial charge < -0.3 is 9.73 Å². The Morgan fingerprint density at radius 3 is 2.84 bits per heavy atom. The first-order valence-corrected chi connectivity index (χ1v) is 9.93. The number of thiophene rings is 1. The second kappa shape index (κ2) is 8.15. The molecule has 1 amide bonds. The molecule has 1 fully saturated rings. The molecule has 0 radical (unpaired) electrons. The van der Waals surface area contributed by atoms with Crippen LogP contribution in [-0.4, -0.2) is 41.5 Å². The van der Waals surface area contributed by atoms with Gasteiger partial charge in [0.1, 0.15) is 0 Å². The summed E-state index contributed by atoms with van der Waals surface area (Å²) in [6, 6.07) is 4.23. The Bertz CT molecular complexity index is 673. The van der Waals surface area contributed by atoms with Crippen LogP contribution in [0.3, 0.4) is 0 Å². The van der Waals surface area contributed by atoms with Crippen LogP contribution >= 0.6 is 11.3 Å². The first-order valence-electron chi connectivity index (χ1n) is 9.06. The Balaban J connectivity index is 1.64. The first-order chi connectivity index (χ1) is 12.1. The predicted molar refractivity (Wildman–Crippen MR) is 101 cm³/mol. The average molecular weight is 362 g/mol. The molecule has 0 aromatic carbocycles. The van der Waals surface area contributed by atoms with Gasteiger partial charge in [-0.05, 0) is 49.2 Å². The summed E-state index contributed by atoms with van der Waals surface area (Å²) >= 11 is 1.54. The Labute approximate surface area is 153 Å². The molecule has 1 atom stereocenters. The minimum absolute atomic E-state index is 0.159. The van der Waals surface area contributed by atoms with Gasteiger partial charge in [-0.1, -0.05) is 26.8 Å². The van der Waals surface area contributed by atoms with Crippen molar-refractivity contribution in [3.05, 3.63) is 29.6 Å². The van der Waals surface area contributed by atoms with E-state index >= 15 is 0 Å². The van der Waals surface area contributed by atoms with Crippen molar-refractivity contribution in [2.45, 2.75) is 39.7 Å². The maximum absolute atomic E-state index is 12.6. The van der Waals surface area contributed by atoms with Crippen LogP contribution in [0.5, 0.6) is 0 Å². The van der Waals surface area contributed by atoms with Gasteiger partial charge in [-0.25, -0.2) is 4.98 Å². The predicted octanol–water partition coefficient (Wildman–Crippen LogP) is 3.89. The van der Waals surface area contributed by atoms with E-state index in [1.807, 2.05) is 17.5 Å². The van der Waals surface area contributed by atoms with Crippen LogP contribution < -0.4 is 5.32 Å². The standard InChI is InChI=1S/C19H27N3O2S/c1-13(2)15(22-8-6-14(3)7-9-22)11-20-19(23)17-18(24-12-21-17)16-5-4-10-25-16/h4-5,10,12-15H,6-9,11H2,1-3H3,(H,20,23). The molecule has 0 spiro atoms. The number of aromatic nitrogens is 1. The van der Waals surface area contributed by atoms with E-state index in [1.54, 1.807) is 11.3 Å². The molecule has 1 unspecified atom stereocenters. The zero-order chi connectivity index (χ0) is 17.8. The highest BCUT2D eigenvalue weighted by Gasteiger charge is 2.27. The van der Waals surface area contributed by atoms with Gasteiger partial charge in [0.05, 0.1) is 4.88 Å². The number of nitrogens with zero attached hydrogens (tertiary/aromatic N) is 2. The second-order valence-electron chi connectivity index (χ2n) is 7.25. The van der Waals surface area contributed by atoms with Gasteiger partial charge in [0.25, 0.3) is 5.91 Å². The van der Waals surface area contributed by atoms with E-state index < -0.39 is 0 Å². The van der Waals surface area contributed by atoms with Gasteiger partial charge in [0.2, 0.25) is 0 Å². The fourth-order valence-corrected chi connectivity index (χ4v) is 4.13. The molecule has 3 rings (SSSR count). The van der Waals surface area contributed by atoms with Crippen LogP contribution in [0.4, 0.5) is 0 Å². The van der Waals surface area contributed by atoms with Crippen molar-refractivity contribution in [1.29, 1.82) is 0 Å². The van der Waals surface area contributed by atoms with E-state index in [-0.39, 0.29) is 5.91 Å². The summed E-state index contributed by atoms with van der Waals surface area (Å²) in [6.07, 6.45) is 3.82. The molecule has 3 heterocycles. The normalized spacial score (nSPS) is 17.8. The number of likely N-dealkylation sites (tertiary alicyclic amines) is 1. The topological polar surface area (TPSA) is 58.4 Å². The second-order valence-corrected chi connectivity index (χ2v) is 8.19. The molecule has 6 heteroatoms. The number of piperidine rings is 1. The summed E-state index contributed by atoms with van der Waals surface area (Å²) < 4.78 is 5.44. The van der Waals surface area contributed by atoms with Gasteiger partial charge in [-0.3, -0.25) is 9.69 Å². The highest BCUT2D eigenvalue weighted by molar-refractivity contribution is 7.13. The van der Waals surface area contributed by atoms with Crippen LogP contribution in [0.25, 0.3) is 10.6 Å². The molecule has 2 aromatic rings. The summed E-state index contributed by atoms with van der Waals surface area (Å²) in [5.74, 6) is 1.69. The quantitative estimate of drug-likeness (QED) is 0.848. The van der Waals surface area contributed by atoms with E-state index in [4.69, 9.17) is 4.42 Å². The molecule has 0 bridgehead atoms. The van der Waals surface area contributed by atoms with Gasteiger partial charge in [0.15, 0.2) is 17.8 Å². The van der Waals surface area contributed by atoms with Crippen LogP contribution in [0.2, 0.25) is 0 Å². The first kappa shape index (κ1) is 18.1. The number of carbonyl (C=O) groups is 1. The fourth-order valence-electron chi connectivity index (χ4n) is 3.42. The van der Waals surface area contributed by atoms with E-state index in [0.717, 1.165) is 23.9 Å². The molecular formula is C19H27N3O2S. The van der Waals surface area contributed by atoms with Crippen LogP contribution in [0.1, 0.15) is 44.1 Å². The summed E-state index contributed by atoms with van der Waals surface area (Å²) in [4.78, 5) is 20.2. The van der Waals surface area contributed by atoms with E-state index in [9.17, 15) is 4.79 Å². The van der Waals surface area contributed by atoms with Gasteiger partial charge in [-0.15, -0.1) is 11.3 Å². The average Bonchev–Trinajstić information content (AvgIpc) is 3.27. The lowest BCUT2D eigenvalue weighted by Crippen LogP contribution is -2.49. The number of amides is 1. The minimum atomic E-state index is -0.159. The lowest BCUT2D eigenvalue weighted by molar-refractivity contribution is 0.0859. The van der Waals surface area contributed by atoms with E-state index in [2.05, 4.69) is 36.0 Å². The summed E-state index contributed by atoms with van der Waals surface area (Å²) in [5.41, 5.74) is 0.372. The fraction of sp³-hybridized carbons (Fsp3) is 0.579. The zero-order valence-corrected chi connectivity index (χ0v) is 16.0. The van der Waals surface area contributed by atoms with Gasteiger partial charge in [0, 0.05) is 12.6 Å². The highest BCUT2D eigenvalue weighted by atomic mass is 32.1. The number of hydrogen-bond acceptors (Lipinski definition) is 5. The molecule has 136 valence electrons. The molecule has 2 aromatic heterocycles. The monoisotopic (exact) mass is 361 g/mol. The Morgan fingerprint density at radius 2 is 2.20 bits per heavy atom. The van der Waals surface area contributed by atoms with Crippen molar-refractivity contribution < 1.29 is 9.21 Å². The molecule has 0 saturated carbocycles. The number of rotatable bonds is 6. The highest BCUT2D eigenvalue weighted by Crippen LogP contribution is 2.27. The zero-order valence-electron chi connectivity index (χ0n) is 15.2.